The number of rotatable bonds is 5. The van der Waals surface area contributed by atoms with Crippen molar-refractivity contribution in [2.24, 2.45) is 5.92 Å². The van der Waals surface area contributed by atoms with Crippen LogP contribution in [-0.2, 0) is 9.53 Å². The first-order valence-corrected chi connectivity index (χ1v) is 4.12. The fraction of sp³-hybridized carbons (Fsp3) is 0.667. The lowest BCUT2D eigenvalue weighted by molar-refractivity contribution is -0.136. The lowest BCUT2D eigenvalue weighted by Crippen LogP contribution is -2.10. The smallest absolute Gasteiger partial charge is 0.333 e. The zero-order chi connectivity index (χ0) is 10.3. The molecule has 0 aromatic heterocycles. The van der Waals surface area contributed by atoms with Gasteiger partial charge in [0.25, 0.3) is 0 Å². The van der Waals surface area contributed by atoms with Crippen molar-refractivity contribution in [3.05, 3.63) is 11.6 Å². The monoisotopic (exact) mass is 188 g/mol. The summed E-state index contributed by atoms with van der Waals surface area (Å²) in [4.78, 5) is 10.9. The molecule has 13 heavy (non-hydrogen) atoms. The van der Waals surface area contributed by atoms with E-state index < -0.39 is 0 Å². The number of hydrogen-bond acceptors (Lipinski definition) is 4. The minimum atomic E-state index is -0.380. The van der Waals surface area contributed by atoms with Gasteiger partial charge in [0.05, 0.1) is 7.11 Å². The van der Waals surface area contributed by atoms with Crippen molar-refractivity contribution < 1.29 is 19.7 Å². The lowest BCUT2D eigenvalue weighted by Gasteiger charge is -2.07. The first-order valence-electron chi connectivity index (χ1n) is 4.12. The Hall–Kier alpha value is -0.870. The minimum Gasteiger partial charge on any atom is -0.466 e. The second kappa shape index (κ2) is 6.62. The van der Waals surface area contributed by atoms with Crippen LogP contribution in [0, 0.1) is 5.92 Å². The Kier molecular flexibility index (Phi) is 6.18. The van der Waals surface area contributed by atoms with E-state index in [2.05, 4.69) is 4.74 Å². The van der Waals surface area contributed by atoms with E-state index in [9.17, 15) is 4.79 Å². The summed E-state index contributed by atoms with van der Waals surface area (Å²) in [6.45, 7) is 1.47. The molecule has 0 aliphatic carbocycles. The summed E-state index contributed by atoms with van der Waals surface area (Å²) in [5.41, 5.74) is 0.495. The molecule has 2 N–H and O–H groups in total. The Labute approximate surface area is 77.8 Å². The Morgan fingerprint density at radius 2 is 2.00 bits per heavy atom. The highest BCUT2D eigenvalue weighted by atomic mass is 16.5. The summed E-state index contributed by atoms with van der Waals surface area (Å²) in [7, 11) is 1.31. The zero-order valence-electron chi connectivity index (χ0n) is 7.99. The highest BCUT2D eigenvalue weighted by molar-refractivity contribution is 5.87. The molecule has 0 heterocycles. The maximum Gasteiger partial charge on any atom is 0.333 e. The van der Waals surface area contributed by atoms with E-state index in [4.69, 9.17) is 10.2 Å². The van der Waals surface area contributed by atoms with Crippen LogP contribution in [0.1, 0.15) is 13.3 Å². The van der Waals surface area contributed by atoms with Crippen molar-refractivity contribution in [1.29, 1.82) is 0 Å². The number of aliphatic hydroxyl groups excluding tert-OH is 2. The number of ether oxygens (including phenoxy) is 1. The van der Waals surface area contributed by atoms with Crippen LogP contribution in [0.25, 0.3) is 0 Å². The number of aliphatic hydroxyl groups is 2. The third-order valence-electron chi connectivity index (χ3n) is 1.78. The van der Waals surface area contributed by atoms with Gasteiger partial charge >= 0.3 is 5.97 Å². The van der Waals surface area contributed by atoms with E-state index in [-0.39, 0.29) is 25.1 Å². The van der Waals surface area contributed by atoms with Gasteiger partial charge in [-0.25, -0.2) is 4.79 Å². The van der Waals surface area contributed by atoms with E-state index >= 15 is 0 Å². The summed E-state index contributed by atoms with van der Waals surface area (Å²) in [6.07, 6.45) is 2.14. The molecule has 0 aromatic carbocycles. The molecule has 4 nitrogen and oxygen atoms in total. The molecule has 0 aliphatic rings. The molecule has 0 saturated heterocycles. The molecule has 0 radical (unpaired) electrons. The predicted octanol–water partition coefficient (Wildman–Crippen LogP) is 0.0966. The summed E-state index contributed by atoms with van der Waals surface area (Å²) in [5, 5.41) is 17.5. The second-order valence-corrected chi connectivity index (χ2v) is 2.85. The van der Waals surface area contributed by atoms with E-state index in [1.165, 1.54) is 7.11 Å². The van der Waals surface area contributed by atoms with Gasteiger partial charge in [-0.1, -0.05) is 6.08 Å². The molecule has 0 bridgehead atoms. The van der Waals surface area contributed by atoms with Gasteiger partial charge in [-0.2, -0.15) is 0 Å². The SMILES string of the molecule is COC(=O)/C(C)=C/CC(CO)CO. The van der Waals surface area contributed by atoms with Crippen molar-refractivity contribution in [1.82, 2.24) is 0 Å². The van der Waals surface area contributed by atoms with E-state index in [0.29, 0.717) is 12.0 Å². The van der Waals surface area contributed by atoms with Crippen LogP contribution in [0.3, 0.4) is 0 Å². The van der Waals surface area contributed by atoms with Gasteiger partial charge in [0, 0.05) is 24.7 Å². The lowest BCUT2D eigenvalue weighted by atomic mass is 10.1. The number of hydrogen-bond donors (Lipinski definition) is 2. The summed E-state index contributed by atoms with van der Waals surface area (Å²) >= 11 is 0. The average Bonchev–Trinajstić information content (AvgIpc) is 2.17. The van der Waals surface area contributed by atoms with Crippen LogP contribution in [-0.4, -0.2) is 36.5 Å². The zero-order valence-corrected chi connectivity index (χ0v) is 7.99. The summed E-state index contributed by atoms with van der Waals surface area (Å²) in [5.74, 6) is -0.575. The number of esters is 1. The first kappa shape index (κ1) is 12.1. The number of carbonyl (C=O) groups excluding carboxylic acids is 1. The van der Waals surface area contributed by atoms with Gasteiger partial charge in [-0.05, 0) is 13.3 Å². The summed E-state index contributed by atoms with van der Waals surface area (Å²) in [6, 6.07) is 0. The number of methoxy groups -OCH3 is 1. The topological polar surface area (TPSA) is 66.8 Å². The van der Waals surface area contributed by atoms with Gasteiger partial charge in [0.2, 0.25) is 0 Å². The largest absolute Gasteiger partial charge is 0.466 e. The molecule has 0 atom stereocenters. The number of carbonyl (C=O) groups is 1. The molecule has 0 spiro atoms. The molecule has 0 fully saturated rings. The van der Waals surface area contributed by atoms with Crippen molar-refractivity contribution in [3.8, 4) is 0 Å². The van der Waals surface area contributed by atoms with Gasteiger partial charge in [0.15, 0.2) is 0 Å². The molecule has 0 amide bonds. The van der Waals surface area contributed by atoms with E-state index in [1.807, 2.05) is 0 Å². The maximum atomic E-state index is 10.9. The van der Waals surface area contributed by atoms with E-state index in [1.54, 1.807) is 13.0 Å². The fourth-order valence-electron chi connectivity index (χ4n) is 0.795. The standard InChI is InChI=1S/C9H16O4/c1-7(9(12)13-2)3-4-8(5-10)6-11/h3,8,10-11H,4-6H2,1-2H3/b7-3+. The Balaban J connectivity index is 4.01. The van der Waals surface area contributed by atoms with Crippen molar-refractivity contribution in [3.63, 3.8) is 0 Å². The number of allylic oxidation sites excluding steroid dienone is 1. The molecule has 0 unspecified atom stereocenters. The van der Waals surface area contributed by atoms with Crippen LogP contribution < -0.4 is 0 Å². The van der Waals surface area contributed by atoms with Gasteiger partial charge in [-0.15, -0.1) is 0 Å². The second-order valence-electron chi connectivity index (χ2n) is 2.85. The molecular formula is C9H16O4. The van der Waals surface area contributed by atoms with Crippen LogP contribution in [0.5, 0.6) is 0 Å². The molecule has 4 heteroatoms. The van der Waals surface area contributed by atoms with Crippen molar-refractivity contribution in [2.75, 3.05) is 20.3 Å². The predicted molar refractivity (Wildman–Crippen MR) is 48.1 cm³/mol. The Morgan fingerprint density at radius 1 is 1.46 bits per heavy atom. The molecule has 0 saturated carbocycles. The van der Waals surface area contributed by atoms with Crippen LogP contribution >= 0.6 is 0 Å². The van der Waals surface area contributed by atoms with Crippen molar-refractivity contribution in [2.45, 2.75) is 13.3 Å². The minimum absolute atomic E-state index is 0.0819. The van der Waals surface area contributed by atoms with E-state index in [0.717, 1.165) is 0 Å². The maximum absolute atomic E-state index is 10.9. The highest BCUT2D eigenvalue weighted by Crippen LogP contribution is 2.05. The highest BCUT2D eigenvalue weighted by Gasteiger charge is 2.06. The molecule has 0 aliphatic heterocycles. The van der Waals surface area contributed by atoms with Gasteiger partial charge in [0.1, 0.15) is 0 Å². The van der Waals surface area contributed by atoms with Gasteiger partial charge < -0.3 is 14.9 Å². The fourth-order valence-corrected chi connectivity index (χ4v) is 0.795. The Morgan fingerprint density at radius 3 is 2.38 bits per heavy atom. The summed E-state index contributed by atoms with van der Waals surface area (Å²) < 4.78 is 4.48. The molecule has 76 valence electrons. The average molecular weight is 188 g/mol. The molecular weight excluding hydrogens is 172 g/mol. The molecule has 0 aromatic rings. The van der Waals surface area contributed by atoms with Crippen LogP contribution in [0.15, 0.2) is 11.6 Å². The quantitative estimate of drug-likeness (QED) is 0.474. The third-order valence-corrected chi connectivity index (χ3v) is 1.78. The normalized spacial score (nSPS) is 11.9. The Bertz CT molecular complexity index is 182. The van der Waals surface area contributed by atoms with Crippen LogP contribution in [0.4, 0.5) is 0 Å². The molecule has 0 rings (SSSR count). The first-order chi connectivity index (χ1) is 6.15. The van der Waals surface area contributed by atoms with Crippen LogP contribution in [0.2, 0.25) is 0 Å². The van der Waals surface area contributed by atoms with Crippen molar-refractivity contribution >= 4 is 5.97 Å². The third kappa shape index (κ3) is 4.65. The van der Waals surface area contributed by atoms with Gasteiger partial charge in [-0.3, -0.25) is 0 Å².